The van der Waals surface area contributed by atoms with E-state index in [1.165, 1.54) is 64.2 Å². The van der Waals surface area contributed by atoms with E-state index in [9.17, 15) is 0 Å². The molecule has 0 spiro atoms. The molecule has 3 saturated carbocycles. The zero-order chi connectivity index (χ0) is 20.5. The average molecular weight is 395 g/mol. The highest BCUT2D eigenvalue weighted by Crippen LogP contribution is 2.44. The molecule has 3 unspecified atom stereocenters. The first-order valence-corrected chi connectivity index (χ1v) is 12.6. The molecule has 166 valence electrons. The second-order valence-corrected chi connectivity index (χ2v) is 11.1. The maximum absolute atomic E-state index is 5.17. The van der Waals surface area contributed by atoms with Crippen molar-refractivity contribution in [3.05, 3.63) is 0 Å². The Bertz CT molecular complexity index is 335. The van der Waals surface area contributed by atoms with E-state index in [1.807, 2.05) is 6.92 Å². The van der Waals surface area contributed by atoms with Crippen LogP contribution in [0.25, 0.3) is 0 Å². The molecular formula is C26H50O2. The van der Waals surface area contributed by atoms with E-state index in [-0.39, 0.29) is 6.29 Å². The van der Waals surface area contributed by atoms with Crippen LogP contribution in [-0.4, -0.2) is 19.5 Å². The maximum Gasteiger partial charge on any atom is 0.154 e. The third-order valence-corrected chi connectivity index (χ3v) is 7.67. The predicted molar refractivity (Wildman–Crippen MR) is 120 cm³/mol. The molecule has 0 aromatic rings. The number of hydrogen-bond donors (Lipinski definition) is 0. The van der Waals surface area contributed by atoms with E-state index in [4.69, 9.17) is 9.47 Å². The molecular weight excluding hydrogens is 344 g/mol. The molecule has 3 aliphatic carbocycles. The van der Waals surface area contributed by atoms with Gasteiger partial charge < -0.3 is 9.47 Å². The Morgan fingerprint density at radius 2 is 0.786 bits per heavy atom. The summed E-state index contributed by atoms with van der Waals surface area (Å²) in [6.07, 6.45) is 15.1. The van der Waals surface area contributed by atoms with Crippen LogP contribution in [0.1, 0.15) is 106 Å². The molecule has 28 heavy (non-hydrogen) atoms. The van der Waals surface area contributed by atoms with Crippen molar-refractivity contribution in [2.45, 2.75) is 112 Å². The van der Waals surface area contributed by atoms with Gasteiger partial charge in [-0.1, -0.05) is 73.1 Å². The minimum Gasteiger partial charge on any atom is -0.353 e. The summed E-state index contributed by atoms with van der Waals surface area (Å²) in [5.74, 6) is 6.90. The molecule has 0 aromatic carbocycles. The summed E-state index contributed by atoms with van der Waals surface area (Å²) in [5, 5.41) is 0. The molecule has 1 saturated heterocycles. The van der Waals surface area contributed by atoms with Gasteiger partial charge in [0, 0.05) is 5.92 Å². The van der Waals surface area contributed by atoms with Gasteiger partial charge in [0.2, 0.25) is 0 Å². The van der Waals surface area contributed by atoms with E-state index in [1.54, 1.807) is 0 Å². The monoisotopic (exact) mass is 394 g/mol. The van der Waals surface area contributed by atoms with Crippen molar-refractivity contribution in [1.82, 2.24) is 0 Å². The zero-order valence-electron chi connectivity index (χ0n) is 19.9. The van der Waals surface area contributed by atoms with Gasteiger partial charge in [-0.25, -0.2) is 0 Å². The van der Waals surface area contributed by atoms with Gasteiger partial charge in [-0.15, -0.1) is 0 Å². The van der Waals surface area contributed by atoms with Crippen LogP contribution in [0.3, 0.4) is 0 Å². The Hall–Kier alpha value is -0.0800. The SMILES string of the molecule is CC1CCC(C)CC1.CC1CCC2C[C@@H](C)CCC2C1.CC1COC(C)OC1. The number of fused-ring (bicyclic) bond motifs is 1. The Balaban J connectivity index is 0.000000156. The Kier molecular flexibility index (Phi) is 10.9. The van der Waals surface area contributed by atoms with Crippen LogP contribution in [0.4, 0.5) is 0 Å². The van der Waals surface area contributed by atoms with Crippen LogP contribution >= 0.6 is 0 Å². The fraction of sp³-hybridized carbons (Fsp3) is 1.00. The quantitative estimate of drug-likeness (QED) is 0.419. The van der Waals surface area contributed by atoms with Crippen LogP contribution in [0, 0.1) is 41.4 Å². The first kappa shape index (κ1) is 24.2. The van der Waals surface area contributed by atoms with Gasteiger partial charge in [0.25, 0.3) is 0 Å². The summed E-state index contributed by atoms with van der Waals surface area (Å²) in [7, 11) is 0. The van der Waals surface area contributed by atoms with E-state index >= 15 is 0 Å². The first-order valence-electron chi connectivity index (χ1n) is 12.6. The van der Waals surface area contributed by atoms with Crippen molar-refractivity contribution < 1.29 is 9.47 Å². The maximum atomic E-state index is 5.17. The summed E-state index contributed by atoms with van der Waals surface area (Å²) in [5.41, 5.74) is 0. The van der Waals surface area contributed by atoms with Gasteiger partial charge in [-0.05, 0) is 68.1 Å². The molecule has 0 bridgehead atoms. The second-order valence-electron chi connectivity index (χ2n) is 11.1. The van der Waals surface area contributed by atoms with Crippen LogP contribution in [0.2, 0.25) is 0 Å². The van der Waals surface area contributed by atoms with Crippen molar-refractivity contribution in [3.8, 4) is 0 Å². The van der Waals surface area contributed by atoms with E-state index in [2.05, 4.69) is 34.6 Å². The third-order valence-electron chi connectivity index (χ3n) is 7.67. The highest BCUT2D eigenvalue weighted by molar-refractivity contribution is 4.83. The smallest absolute Gasteiger partial charge is 0.154 e. The first-order chi connectivity index (χ1) is 13.3. The van der Waals surface area contributed by atoms with Crippen LogP contribution in [0.5, 0.6) is 0 Å². The van der Waals surface area contributed by atoms with Crippen LogP contribution in [0.15, 0.2) is 0 Å². The van der Waals surface area contributed by atoms with E-state index in [0.717, 1.165) is 48.7 Å². The van der Waals surface area contributed by atoms with E-state index < -0.39 is 0 Å². The Morgan fingerprint density at radius 1 is 0.429 bits per heavy atom. The molecule has 1 aliphatic heterocycles. The van der Waals surface area contributed by atoms with Gasteiger partial charge in [-0.2, -0.15) is 0 Å². The lowest BCUT2D eigenvalue weighted by Gasteiger charge is -2.40. The summed E-state index contributed by atoms with van der Waals surface area (Å²) in [6.45, 7) is 15.3. The lowest BCUT2D eigenvalue weighted by atomic mass is 9.65. The highest BCUT2D eigenvalue weighted by atomic mass is 16.7. The number of hydrogen-bond acceptors (Lipinski definition) is 2. The summed E-state index contributed by atoms with van der Waals surface area (Å²) in [4.78, 5) is 0. The zero-order valence-corrected chi connectivity index (χ0v) is 19.9. The minimum absolute atomic E-state index is 0.0196. The topological polar surface area (TPSA) is 18.5 Å². The van der Waals surface area contributed by atoms with Crippen molar-refractivity contribution in [2.75, 3.05) is 13.2 Å². The van der Waals surface area contributed by atoms with Gasteiger partial charge in [0.15, 0.2) is 6.29 Å². The van der Waals surface area contributed by atoms with Gasteiger partial charge in [0.05, 0.1) is 13.2 Å². The summed E-state index contributed by atoms with van der Waals surface area (Å²) in [6, 6.07) is 0. The van der Waals surface area contributed by atoms with Crippen molar-refractivity contribution in [3.63, 3.8) is 0 Å². The second kappa shape index (κ2) is 12.6. The summed E-state index contributed by atoms with van der Waals surface area (Å²) >= 11 is 0. The molecule has 4 aliphatic rings. The third kappa shape index (κ3) is 9.16. The molecule has 0 N–H and O–H groups in total. The van der Waals surface area contributed by atoms with Crippen LogP contribution < -0.4 is 0 Å². The number of rotatable bonds is 0. The fourth-order valence-electron chi connectivity index (χ4n) is 5.48. The normalized spacial score (nSPS) is 43.5. The highest BCUT2D eigenvalue weighted by Gasteiger charge is 2.32. The molecule has 2 heteroatoms. The summed E-state index contributed by atoms with van der Waals surface area (Å²) < 4.78 is 10.3. The van der Waals surface area contributed by atoms with Crippen LogP contribution in [-0.2, 0) is 9.47 Å². The Morgan fingerprint density at radius 3 is 1.14 bits per heavy atom. The molecule has 2 nitrogen and oxygen atoms in total. The molecule has 0 radical (unpaired) electrons. The standard InChI is InChI=1S/C12H22.C8H16.C6H12O2/c1-9-3-5-12-8-10(2)4-6-11(12)7-9;1-7-3-5-8(2)6-4-7;1-5-3-7-6(2)8-4-5/h9-12H,3-8H2,1-2H3;7-8H,3-6H2,1-2H3;5-6H,3-4H2,1-2H3/t9-,10?,11?,12?;;/m0../s1. The fourth-order valence-corrected chi connectivity index (χ4v) is 5.48. The average Bonchev–Trinajstić information content (AvgIpc) is 2.68. The molecule has 1 heterocycles. The van der Waals surface area contributed by atoms with Crippen molar-refractivity contribution >= 4 is 0 Å². The predicted octanol–water partition coefficient (Wildman–Crippen LogP) is 7.71. The van der Waals surface area contributed by atoms with Gasteiger partial charge in [0.1, 0.15) is 0 Å². The lowest BCUT2D eigenvalue weighted by Crippen LogP contribution is -2.29. The van der Waals surface area contributed by atoms with Crippen molar-refractivity contribution in [1.29, 1.82) is 0 Å². The van der Waals surface area contributed by atoms with Gasteiger partial charge in [-0.3, -0.25) is 0 Å². The molecule has 4 rings (SSSR count). The molecule has 4 fully saturated rings. The minimum atomic E-state index is 0.0196. The largest absolute Gasteiger partial charge is 0.353 e. The Labute approximate surface area is 176 Å². The van der Waals surface area contributed by atoms with Crippen molar-refractivity contribution in [2.24, 2.45) is 41.4 Å². The lowest BCUT2D eigenvalue weighted by molar-refractivity contribution is -0.187. The molecule has 0 amide bonds. The molecule has 0 aromatic heterocycles. The van der Waals surface area contributed by atoms with Gasteiger partial charge >= 0.3 is 0 Å². The number of ether oxygens (including phenoxy) is 2. The van der Waals surface area contributed by atoms with E-state index in [0.29, 0.717) is 5.92 Å². The molecule has 4 atom stereocenters.